The number of amides is 1. The molecular weight excluding hydrogens is 428 g/mol. The van der Waals surface area contributed by atoms with E-state index in [4.69, 9.17) is 10.5 Å². The molecule has 1 amide bonds. The van der Waals surface area contributed by atoms with Crippen LogP contribution in [0.5, 0.6) is 5.75 Å². The second-order valence-electron chi connectivity index (χ2n) is 7.12. The summed E-state index contributed by atoms with van der Waals surface area (Å²) in [5.74, 6) is -0.469. The first-order valence-corrected chi connectivity index (χ1v) is 11.2. The average molecular weight is 453 g/mol. The van der Waals surface area contributed by atoms with Crippen molar-refractivity contribution in [3.05, 3.63) is 89.0 Å². The van der Waals surface area contributed by atoms with Crippen molar-refractivity contribution in [1.82, 2.24) is 5.48 Å². The van der Waals surface area contributed by atoms with Crippen molar-refractivity contribution >= 4 is 27.5 Å². The number of hydrogen-bond acceptors (Lipinski definition) is 6. The van der Waals surface area contributed by atoms with E-state index in [1.165, 1.54) is 37.5 Å². The van der Waals surface area contributed by atoms with Gasteiger partial charge in [-0.05, 0) is 54.3 Å². The number of methoxy groups -OCH3 is 1. The number of nitrogen functional groups attached to an aromatic ring is 1. The maximum Gasteiger partial charge on any atom is 0.276 e. The predicted molar refractivity (Wildman–Crippen MR) is 123 cm³/mol. The molecule has 0 aromatic heterocycles. The van der Waals surface area contributed by atoms with Crippen LogP contribution >= 0.6 is 0 Å². The van der Waals surface area contributed by atoms with Gasteiger partial charge in [0.1, 0.15) is 5.75 Å². The van der Waals surface area contributed by atoms with Crippen molar-refractivity contribution in [1.29, 1.82) is 0 Å². The van der Waals surface area contributed by atoms with Crippen LogP contribution in [0.15, 0.2) is 71.0 Å². The highest BCUT2D eigenvalue weighted by molar-refractivity contribution is 7.91. The monoisotopic (exact) mass is 452 g/mol. The summed E-state index contributed by atoms with van der Waals surface area (Å²) in [7, 11) is -2.75. The lowest BCUT2D eigenvalue weighted by molar-refractivity contribution is 0.0701. The van der Waals surface area contributed by atoms with Crippen LogP contribution < -0.4 is 16.0 Å². The molecule has 3 aromatic rings. The summed E-state index contributed by atoms with van der Waals surface area (Å²) in [4.78, 5) is 12.5. The molecule has 8 heteroatoms. The number of anilines is 1. The second-order valence-corrected chi connectivity index (χ2v) is 9.01. The number of rotatable bonds is 7. The first kappa shape index (κ1) is 23.1. The van der Waals surface area contributed by atoms with Gasteiger partial charge in [0.05, 0.1) is 22.5 Å². The quantitative estimate of drug-likeness (QED) is 0.285. The van der Waals surface area contributed by atoms with E-state index in [-0.39, 0.29) is 33.0 Å². The molecule has 3 rings (SSSR count). The Morgan fingerprint density at radius 1 is 1.16 bits per heavy atom. The van der Waals surface area contributed by atoms with Crippen molar-refractivity contribution in [2.75, 3.05) is 12.8 Å². The van der Waals surface area contributed by atoms with Crippen molar-refractivity contribution < 1.29 is 23.2 Å². The van der Waals surface area contributed by atoms with Gasteiger partial charge in [0, 0.05) is 11.3 Å². The van der Waals surface area contributed by atoms with Gasteiger partial charge in [-0.3, -0.25) is 10.0 Å². The van der Waals surface area contributed by atoms with E-state index in [1.54, 1.807) is 12.4 Å². The van der Waals surface area contributed by atoms with Crippen molar-refractivity contribution in [3.63, 3.8) is 0 Å². The Morgan fingerprint density at radius 3 is 2.31 bits per heavy atom. The molecule has 0 saturated carbocycles. The Morgan fingerprint density at radius 2 is 1.78 bits per heavy atom. The Balaban J connectivity index is 2.39. The third-order valence-electron chi connectivity index (χ3n) is 5.32. The molecule has 0 saturated heterocycles. The third-order valence-corrected chi connectivity index (χ3v) is 7.17. The van der Waals surface area contributed by atoms with Crippen LogP contribution in [0.3, 0.4) is 0 Å². The number of carbonyl (C=O) groups is 1. The van der Waals surface area contributed by atoms with Gasteiger partial charge in [-0.2, -0.15) is 0 Å². The molecule has 0 aliphatic rings. The first-order valence-electron chi connectivity index (χ1n) is 9.71. The van der Waals surface area contributed by atoms with Crippen LogP contribution in [0, 0.1) is 6.92 Å². The van der Waals surface area contributed by atoms with Gasteiger partial charge in [-0.15, -0.1) is 0 Å². The van der Waals surface area contributed by atoms with Gasteiger partial charge in [0.15, 0.2) is 0 Å². The number of benzene rings is 3. The van der Waals surface area contributed by atoms with E-state index < -0.39 is 15.7 Å². The average Bonchev–Trinajstić information content (AvgIpc) is 2.82. The number of sulfone groups is 1. The summed E-state index contributed by atoms with van der Waals surface area (Å²) in [5.41, 5.74) is 9.84. The summed E-state index contributed by atoms with van der Waals surface area (Å²) in [6.07, 6.45) is 1.54. The van der Waals surface area contributed by atoms with Gasteiger partial charge in [0.2, 0.25) is 9.84 Å². The first-order chi connectivity index (χ1) is 15.3. The van der Waals surface area contributed by atoms with Crippen molar-refractivity contribution in [3.8, 4) is 5.75 Å². The lowest BCUT2D eigenvalue weighted by Gasteiger charge is -2.22. The van der Waals surface area contributed by atoms with Crippen LogP contribution in [-0.4, -0.2) is 26.6 Å². The maximum atomic E-state index is 13.7. The molecule has 0 radical (unpaired) electrons. The van der Waals surface area contributed by atoms with Gasteiger partial charge >= 0.3 is 0 Å². The van der Waals surface area contributed by atoms with Crippen LogP contribution in [0.25, 0.3) is 6.08 Å². The highest BCUT2D eigenvalue weighted by atomic mass is 32.2. The molecule has 4 N–H and O–H groups in total. The van der Waals surface area contributed by atoms with Gasteiger partial charge in [0.25, 0.3) is 5.91 Å². The molecular formula is C24H24N2O5S. The highest BCUT2D eigenvalue weighted by Crippen LogP contribution is 2.38. The fourth-order valence-electron chi connectivity index (χ4n) is 3.62. The maximum absolute atomic E-state index is 13.7. The zero-order valence-corrected chi connectivity index (χ0v) is 18.6. The van der Waals surface area contributed by atoms with E-state index in [1.807, 2.05) is 30.3 Å². The number of nitrogens with one attached hydrogen (secondary N) is 1. The Labute approximate surface area is 187 Å². The van der Waals surface area contributed by atoms with Crippen LogP contribution in [0.1, 0.15) is 32.6 Å². The Bertz CT molecular complexity index is 1270. The lowest BCUT2D eigenvalue weighted by Crippen LogP contribution is -2.26. The molecule has 0 heterocycles. The molecule has 0 bridgehead atoms. The summed E-state index contributed by atoms with van der Waals surface area (Å²) in [6, 6.07) is 15.0. The number of hydroxylamine groups is 1. The van der Waals surface area contributed by atoms with Gasteiger partial charge in [-0.1, -0.05) is 43.0 Å². The van der Waals surface area contributed by atoms with Crippen LogP contribution in [0.4, 0.5) is 5.69 Å². The van der Waals surface area contributed by atoms with Crippen LogP contribution in [0.2, 0.25) is 0 Å². The van der Waals surface area contributed by atoms with E-state index in [9.17, 15) is 18.4 Å². The molecule has 0 unspecified atom stereocenters. The molecule has 7 nitrogen and oxygen atoms in total. The molecule has 0 spiro atoms. The van der Waals surface area contributed by atoms with Crippen molar-refractivity contribution in [2.24, 2.45) is 0 Å². The minimum absolute atomic E-state index is 0.0534. The van der Waals surface area contributed by atoms with E-state index >= 15 is 0 Å². The van der Waals surface area contributed by atoms with E-state index in [2.05, 4.69) is 6.58 Å². The number of nitrogens with two attached hydrogens (primary N) is 1. The molecule has 166 valence electrons. The van der Waals surface area contributed by atoms with Crippen LogP contribution in [-0.2, 0) is 16.3 Å². The Hall–Kier alpha value is -3.62. The normalized spacial score (nSPS) is 11.1. The summed E-state index contributed by atoms with van der Waals surface area (Å²) < 4.78 is 32.5. The molecule has 32 heavy (non-hydrogen) atoms. The van der Waals surface area contributed by atoms with Gasteiger partial charge < -0.3 is 10.5 Å². The molecule has 0 atom stereocenters. The third kappa shape index (κ3) is 4.10. The lowest BCUT2D eigenvalue weighted by atomic mass is 9.91. The zero-order valence-electron chi connectivity index (χ0n) is 17.8. The molecule has 0 aliphatic heterocycles. The smallest absolute Gasteiger partial charge is 0.276 e. The molecule has 3 aromatic carbocycles. The fourth-order valence-corrected chi connectivity index (χ4v) is 5.32. The van der Waals surface area contributed by atoms with Gasteiger partial charge in [-0.25, -0.2) is 13.9 Å². The largest absolute Gasteiger partial charge is 0.497 e. The standard InChI is InChI=1S/C24H24N2O5S/c1-4-19-22(25)15(2)20(14-16-8-6-5-7-9-16)21(24(27)26-28)23(19)32(29,30)18-12-10-17(31-3)11-13-18/h4-13,28H,1,14,25H2,2-3H3,(H,26,27). The zero-order chi connectivity index (χ0) is 23.5. The summed E-state index contributed by atoms with van der Waals surface area (Å²) in [6.45, 7) is 5.42. The van der Waals surface area contributed by atoms with E-state index in [0.29, 0.717) is 16.9 Å². The molecule has 0 fully saturated rings. The van der Waals surface area contributed by atoms with Crippen molar-refractivity contribution in [2.45, 2.75) is 23.1 Å². The fraction of sp³-hybridized carbons (Fsp3) is 0.125. The number of hydrogen-bond donors (Lipinski definition) is 3. The minimum atomic E-state index is -4.23. The minimum Gasteiger partial charge on any atom is -0.497 e. The van der Waals surface area contributed by atoms with E-state index in [0.717, 1.165) is 5.56 Å². The SMILES string of the molecule is C=Cc1c(N)c(C)c(Cc2ccccc2)c(C(=O)NO)c1S(=O)(=O)c1ccc(OC)cc1. The summed E-state index contributed by atoms with van der Waals surface area (Å²) in [5, 5.41) is 9.46. The summed E-state index contributed by atoms with van der Waals surface area (Å²) >= 11 is 0. The Kier molecular flexibility index (Phi) is 6.67. The second kappa shape index (κ2) is 9.25. The topological polar surface area (TPSA) is 119 Å². The highest BCUT2D eigenvalue weighted by Gasteiger charge is 2.32. The predicted octanol–water partition coefficient (Wildman–Crippen LogP) is 3.77. The molecule has 0 aliphatic carbocycles. The number of ether oxygens (including phenoxy) is 1. The number of carbonyl (C=O) groups excluding carboxylic acids is 1.